The van der Waals surface area contributed by atoms with Crippen LogP contribution in [0.1, 0.15) is 24.1 Å². The van der Waals surface area contributed by atoms with E-state index in [1.165, 1.54) is 28.0 Å². The summed E-state index contributed by atoms with van der Waals surface area (Å²) in [6.07, 6.45) is 1.82. The maximum atomic E-state index is 13.8. The highest BCUT2D eigenvalue weighted by Crippen LogP contribution is 2.31. The van der Waals surface area contributed by atoms with Gasteiger partial charge in [0.2, 0.25) is 0 Å². The second-order valence-corrected chi connectivity index (χ2v) is 11.8. The number of carbonyl (C=O) groups is 1. The highest BCUT2D eigenvalue weighted by molar-refractivity contribution is 14.1. The molecular formula is C28H20FI2N3O3S. The molecule has 0 fully saturated rings. The molecule has 0 aliphatic carbocycles. The number of thiazole rings is 1. The van der Waals surface area contributed by atoms with Crippen LogP contribution in [0.4, 0.5) is 10.1 Å². The average Bonchev–Trinajstić information content (AvgIpc) is 3.18. The highest BCUT2D eigenvalue weighted by atomic mass is 127. The van der Waals surface area contributed by atoms with Crippen molar-refractivity contribution in [1.82, 2.24) is 4.57 Å². The average molecular weight is 751 g/mol. The van der Waals surface area contributed by atoms with Gasteiger partial charge in [-0.2, -0.15) is 0 Å². The molecule has 0 saturated heterocycles. The van der Waals surface area contributed by atoms with Gasteiger partial charge in [-0.15, -0.1) is 0 Å². The summed E-state index contributed by atoms with van der Waals surface area (Å²) in [7, 11) is 1.63. The zero-order valence-corrected chi connectivity index (χ0v) is 25.3. The molecule has 192 valence electrons. The molecule has 3 aromatic carbocycles. The largest absolute Gasteiger partial charge is 0.495 e. The van der Waals surface area contributed by atoms with Gasteiger partial charge in [0.1, 0.15) is 11.6 Å². The molecule has 1 aliphatic rings. The van der Waals surface area contributed by atoms with Gasteiger partial charge in [0.05, 0.1) is 36.1 Å². The number of aromatic nitrogens is 1. The van der Waals surface area contributed by atoms with Crippen LogP contribution < -0.4 is 24.9 Å². The summed E-state index contributed by atoms with van der Waals surface area (Å²) in [6, 6.07) is 18.0. The number of hydrogen-bond acceptors (Lipinski definition) is 5. The van der Waals surface area contributed by atoms with Crippen molar-refractivity contribution in [3.8, 4) is 5.75 Å². The second kappa shape index (κ2) is 11.1. The van der Waals surface area contributed by atoms with E-state index >= 15 is 0 Å². The normalized spacial score (nSPS) is 15.2. The summed E-state index contributed by atoms with van der Waals surface area (Å²) in [6.45, 7) is 1.75. The first-order valence-electron chi connectivity index (χ1n) is 11.4. The van der Waals surface area contributed by atoms with Crippen molar-refractivity contribution in [3.63, 3.8) is 0 Å². The van der Waals surface area contributed by atoms with Crippen molar-refractivity contribution in [3.05, 3.63) is 122 Å². The fourth-order valence-electron chi connectivity index (χ4n) is 4.30. The number of rotatable bonds is 5. The van der Waals surface area contributed by atoms with Crippen molar-refractivity contribution in [2.45, 2.75) is 13.0 Å². The van der Waals surface area contributed by atoms with E-state index in [2.05, 4.69) is 55.5 Å². The molecule has 1 N–H and O–H groups in total. The number of fused-ring (bicyclic) bond motifs is 1. The van der Waals surface area contributed by atoms with E-state index in [0.717, 1.165) is 18.5 Å². The molecule has 4 aromatic rings. The molecular weight excluding hydrogens is 731 g/mol. The van der Waals surface area contributed by atoms with Crippen LogP contribution in [0.15, 0.2) is 87.8 Å². The lowest BCUT2D eigenvalue weighted by molar-refractivity contribution is -0.113. The van der Waals surface area contributed by atoms with E-state index in [9.17, 15) is 14.0 Å². The number of anilines is 1. The lowest BCUT2D eigenvalue weighted by Crippen LogP contribution is -2.40. The van der Waals surface area contributed by atoms with Crippen molar-refractivity contribution in [1.29, 1.82) is 0 Å². The monoisotopic (exact) mass is 751 g/mol. The fourth-order valence-corrected chi connectivity index (χ4v) is 7.60. The first-order chi connectivity index (χ1) is 18.3. The van der Waals surface area contributed by atoms with Gasteiger partial charge in [-0.25, -0.2) is 9.38 Å². The maximum Gasteiger partial charge on any atom is 0.271 e. The summed E-state index contributed by atoms with van der Waals surface area (Å²) in [5.74, 6) is 0.00647. The summed E-state index contributed by atoms with van der Waals surface area (Å²) in [5.41, 5.74) is 2.63. The van der Waals surface area contributed by atoms with Crippen LogP contribution in [0.5, 0.6) is 5.75 Å². The minimum absolute atomic E-state index is 0.276. The number of nitrogens with zero attached hydrogens (tertiary/aromatic N) is 2. The fraction of sp³-hybridized carbons (Fsp3) is 0.107. The Kier molecular flexibility index (Phi) is 7.82. The molecule has 1 amide bonds. The van der Waals surface area contributed by atoms with Gasteiger partial charge >= 0.3 is 0 Å². The van der Waals surface area contributed by atoms with Crippen LogP contribution in [-0.2, 0) is 4.79 Å². The van der Waals surface area contributed by atoms with E-state index in [1.54, 1.807) is 38.3 Å². The standard InChI is InChI=1S/C28H20FI2N3O3S/c1-15-23(26(35)33-19-6-4-3-5-7-19)24(17-8-10-18(29)11-9-17)34-27(36)22(38-28(34)32-15)14-16-12-20(30)25(37-2)21(31)13-16/h3-14,24H,1-2H3,(H,33,35)/b22-14-. The smallest absolute Gasteiger partial charge is 0.271 e. The first kappa shape index (κ1) is 26.8. The third kappa shape index (κ3) is 5.21. The molecule has 5 rings (SSSR count). The van der Waals surface area contributed by atoms with Crippen LogP contribution in [-0.4, -0.2) is 17.6 Å². The number of carbonyl (C=O) groups excluding carboxylic acids is 1. The quantitative estimate of drug-likeness (QED) is 0.284. The molecule has 0 saturated carbocycles. The molecule has 0 bridgehead atoms. The number of allylic oxidation sites excluding steroid dienone is 1. The number of methoxy groups -OCH3 is 1. The lowest BCUT2D eigenvalue weighted by Gasteiger charge is -2.25. The molecule has 1 aliphatic heterocycles. The van der Waals surface area contributed by atoms with Crippen molar-refractivity contribution in [2.24, 2.45) is 4.99 Å². The van der Waals surface area contributed by atoms with Crippen molar-refractivity contribution in [2.75, 3.05) is 12.4 Å². The first-order valence-corrected chi connectivity index (χ1v) is 14.4. The molecule has 1 unspecified atom stereocenters. The number of para-hydroxylation sites is 1. The molecule has 1 aromatic heterocycles. The number of benzene rings is 3. The molecule has 6 nitrogen and oxygen atoms in total. The van der Waals surface area contributed by atoms with Gasteiger partial charge in [0.15, 0.2) is 4.80 Å². The summed E-state index contributed by atoms with van der Waals surface area (Å²) >= 11 is 5.66. The third-order valence-corrected chi connectivity index (χ3v) is 8.59. The Balaban J connectivity index is 1.67. The van der Waals surface area contributed by atoms with Crippen LogP contribution in [0.25, 0.3) is 6.08 Å². The van der Waals surface area contributed by atoms with Crippen molar-refractivity contribution >= 4 is 74.2 Å². The molecule has 38 heavy (non-hydrogen) atoms. The summed E-state index contributed by atoms with van der Waals surface area (Å²) in [5, 5.41) is 2.91. The Hall–Kier alpha value is -2.84. The second-order valence-electron chi connectivity index (χ2n) is 8.47. The molecule has 1 atom stereocenters. The van der Waals surface area contributed by atoms with Gasteiger partial charge in [0, 0.05) is 5.69 Å². The Morgan fingerprint density at radius 3 is 2.39 bits per heavy atom. The minimum atomic E-state index is -0.770. The maximum absolute atomic E-state index is 13.8. The third-order valence-electron chi connectivity index (χ3n) is 6.01. The van der Waals surface area contributed by atoms with Crippen LogP contribution in [0, 0.1) is 13.0 Å². The van der Waals surface area contributed by atoms with E-state index in [1.807, 2.05) is 36.4 Å². The van der Waals surface area contributed by atoms with Gasteiger partial charge < -0.3 is 10.1 Å². The number of hydrogen-bond donors (Lipinski definition) is 1. The van der Waals surface area contributed by atoms with Crippen molar-refractivity contribution < 1.29 is 13.9 Å². The summed E-state index contributed by atoms with van der Waals surface area (Å²) in [4.78, 5) is 32.5. The predicted octanol–water partition coefficient (Wildman–Crippen LogP) is 5.23. The number of halogens is 3. The SMILES string of the molecule is COc1c(I)cc(/C=c2\sc3n(c2=O)C(c2ccc(F)cc2)C(C(=O)Nc2ccccc2)=C(C)N=3)cc1I. The Morgan fingerprint density at radius 2 is 1.76 bits per heavy atom. The highest BCUT2D eigenvalue weighted by Gasteiger charge is 2.32. The number of ether oxygens (including phenoxy) is 1. The van der Waals surface area contributed by atoms with Gasteiger partial charge in [-0.1, -0.05) is 41.7 Å². The van der Waals surface area contributed by atoms with E-state index in [-0.39, 0.29) is 11.5 Å². The predicted molar refractivity (Wildman–Crippen MR) is 164 cm³/mol. The topological polar surface area (TPSA) is 72.7 Å². The molecule has 0 spiro atoms. The van der Waals surface area contributed by atoms with Gasteiger partial charge in [-0.3, -0.25) is 14.2 Å². The minimum Gasteiger partial charge on any atom is -0.495 e. The summed E-state index contributed by atoms with van der Waals surface area (Å²) < 4.78 is 23.1. The van der Waals surface area contributed by atoms with Gasteiger partial charge in [-0.05, 0) is 106 Å². The number of amides is 1. The molecule has 2 heterocycles. The molecule has 10 heteroatoms. The van der Waals surface area contributed by atoms with E-state index in [4.69, 9.17) is 4.74 Å². The van der Waals surface area contributed by atoms with Crippen LogP contribution >= 0.6 is 56.5 Å². The zero-order chi connectivity index (χ0) is 27.0. The zero-order valence-electron chi connectivity index (χ0n) is 20.2. The van der Waals surface area contributed by atoms with Crippen LogP contribution in [0.2, 0.25) is 0 Å². The lowest BCUT2D eigenvalue weighted by atomic mass is 9.95. The van der Waals surface area contributed by atoms with Crippen LogP contribution in [0.3, 0.4) is 0 Å². The van der Waals surface area contributed by atoms with E-state index in [0.29, 0.717) is 31.9 Å². The Morgan fingerprint density at radius 1 is 1.11 bits per heavy atom. The van der Waals surface area contributed by atoms with E-state index < -0.39 is 11.9 Å². The van der Waals surface area contributed by atoms with Gasteiger partial charge in [0.25, 0.3) is 11.5 Å². The molecule has 0 radical (unpaired) electrons. The Bertz CT molecular complexity index is 1740. The number of nitrogens with one attached hydrogen (secondary N) is 1. The Labute approximate surface area is 248 Å².